The highest BCUT2D eigenvalue weighted by molar-refractivity contribution is 6.30. The van der Waals surface area contributed by atoms with Gasteiger partial charge in [0.05, 0.1) is 10.6 Å². The van der Waals surface area contributed by atoms with Gasteiger partial charge in [-0.1, -0.05) is 25.4 Å². The monoisotopic (exact) mass is 264 g/mol. The number of rotatable bonds is 5. The maximum atomic E-state index is 13.5. The molecular formula is C11H15Cl2FN2. The highest BCUT2D eigenvalue weighted by Crippen LogP contribution is 2.25. The first-order valence-electron chi connectivity index (χ1n) is 5.22. The van der Waals surface area contributed by atoms with E-state index in [4.69, 9.17) is 23.2 Å². The zero-order chi connectivity index (χ0) is 12.2. The van der Waals surface area contributed by atoms with Crippen LogP contribution in [-0.4, -0.2) is 16.4 Å². The predicted molar refractivity (Wildman–Crippen MR) is 66.9 cm³/mol. The number of nitrogens with zero attached hydrogens (tertiary/aromatic N) is 1. The lowest BCUT2D eigenvalue weighted by Crippen LogP contribution is -2.39. The first-order valence-corrected chi connectivity index (χ1v) is 6.13. The summed E-state index contributed by atoms with van der Waals surface area (Å²) in [7, 11) is 0. The van der Waals surface area contributed by atoms with Gasteiger partial charge >= 0.3 is 0 Å². The fourth-order valence-electron chi connectivity index (χ4n) is 1.41. The number of pyridine rings is 1. The Morgan fingerprint density at radius 2 is 2.06 bits per heavy atom. The lowest BCUT2D eigenvalue weighted by atomic mass is 9.95. The molecule has 0 spiro atoms. The highest BCUT2D eigenvalue weighted by Gasteiger charge is 2.26. The Morgan fingerprint density at radius 1 is 1.44 bits per heavy atom. The van der Waals surface area contributed by atoms with Gasteiger partial charge in [-0.05, 0) is 18.9 Å². The molecule has 0 atom stereocenters. The van der Waals surface area contributed by atoms with Crippen molar-refractivity contribution in [1.82, 2.24) is 4.98 Å². The SMILES string of the molecule is CCC(CC)(CCl)Nc1ncc(Cl)cc1F. The second-order valence-corrected chi connectivity index (χ2v) is 4.43. The van der Waals surface area contributed by atoms with Crippen molar-refractivity contribution in [2.75, 3.05) is 11.2 Å². The zero-order valence-corrected chi connectivity index (χ0v) is 10.9. The maximum Gasteiger partial charge on any atom is 0.166 e. The van der Waals surface area contributed by atoms with E-state index < -0.39 is 5.82 Å². The van der Waals surface area contributed by atoms with Gasteiger partial charge in [-0.2, -0.15) is 0 Å². The molecule has 1 heterocycles. The van der Waals surface area contributed by atoms with Crippen molar-refractivity contribution in [3.05, 3.63) is 23.1 Å². The number of alkyl halides is 1. The van der Waals surface area contributed by atoms with Gasteiger partial charge in [0.15, 0.2) is 11.6 Å². The molecule has 0 saturated carbocycles. The molecular weight excluding hydrogens is 250 g/mol. The van der Waals surface area contributed by atoms with Crippen LogP contribution in [0.3, 0.4) is 0 Å². The summed E-state index contributed by atoms with van der Waals surface area (Å²) in [5.41, 5.74) is -0.316. The van der Waals surface area contributed by atoms with Crippen molar-refractivity contribution >= 4 is 29.0 Å². The van der Waals surface area contributed by atoms with E-state index in [9.17, 15) is 4.39 Å². The summed E-state index contributed by atoms with van der Waals surface area (Å²) in [5, 5.41) is 3.35. The van der Waals surface area contributed by atoms with Crippen LogP contribution >= 0.6 is 23.2 Å². The summed E-state index contributed by atoms with van der Waals surface area (Å²) in [6.45, 7) is 4.01. The molecule has 0 fully saturated rings. The molecule has 0 bridgehead atoms. The van der Waals surface area contributed by atoms with Crippen molar-refractivity contribution in [1.29, 1.82) is 0 Å². The quantitative estimate of drug-likeness (QED) is 0.811. The van der Waals surface area contributed by atoms with Gasteiger partial charge in [-0.15, -0.1) is 11.6 Å². The number of hydrogen-bond donors (Lipinski definition) is 1. The first kappa shape index (κ1) is 13.5. The number of anilines is 1. The summed E-state index contributed by atoms with van der Waals surface area (Å²) in [4.78, 5) is 3.93. The third-order valence-electron chi connectivity index (χ3n) is 2.80. The van der Waals surface area contributed by atoms with E-state index in [2.05, 4.69) is 10.3 Å². The third-order valence-corrected chi connectivity index (χ3v) is 3.52. The molecule has 16 heavy (non-hydrogen) atoms. The molecule has 1 aromatic heterocycles. The molecule has 0 aliphatic carbocycles. The van der Waals surface area contributed by atoms with Crippen molar-refractivity contribution in [3.63, 3.8) is 0 Å². The van der Waals surface area contributed by atoms with Crippen LogP contribution in [0.4, 0.5) is 10.2 Å². The molecule has 2 nitrogen and oxygen atoms in total. The van der Waals surface area contributed by atoms with Crippen LogP contribution < -0.4 is 5.32 Å². The van der Waals surface area contributed by atoms with Crippen molar-refractivity contribution in [2.24, 2.45) is 0 Å². The van der Waals surface area contributed by atoms with Gasteiger partial charge in [-0.3, -0.25) is 0 Å². The Hall–Kier alpha value is -0.540. The van der Waals surface area contributed by atoms with Crippen molar-refractivity contribution in [2.45, 2.75) is 32.2 Å². The van der Waals surface area contributed by atoms with Crippen LogP contribution in [0.1, 0.15) is 26.7 Å². The van der Waals surface area contributed by atoms with Gasteiger partial charge in [0.1, 0.15) is 0 Å². The average Bonchev–Trinajstić information content (AvgIpc) is 2.29. The Morgan fingerprint density at radius 3 is 2.50 bits per heavy atom. The standard InChI is InChI=1S/C11H15Cl2FN2/c1-3-11(4-2,7-12)16-10-9(14)5-8(13)6-15-10/h5-6H,3-4,7H2,1-2H3,(H,15,16). The molecule has 1 aromatic rings. The predicted octanol–water partition coefficient (Wildman–Crippen LogP) is 4.08. The Kier molecular flexibility index (Phi) is 4.81. The zero-order valence-electron chi connectivity index (χ0n) is 9.36. The minimum absolute atomic E-state index is 0.203. The molecule has 0 amide bonds. The molecule has 0 saturated heterocycles. The normalized spacial score (nSPS) is 11.6. The van der Waals surface area contributed by atoms with E-state index in [0.717, 1.165) is 12.8 Å². The summed E-state index contributed by atoms with van der Waals surface area (Å²) >= 11 is 11.6. The molecule has 0 aromatic carbocycles. The van der Waals surface area contributed by atoms with Crippen LogP contribution in [0, 0.1) is 5.82 Å². The summed E-state index contributed by atoms with van der Waals surface area (Å²) in [5.74, 6) is 0.154. The average molecular weight is 265 g/mol. The lowest BCUT2D eigenvalue weighted by molar-refractivity contribution is 0.477. The topological polar surface area (TPSA) is 24.9 Å². The van der Waals surface area contributed by atoms with E-state index >= 15 is 0 Å². The van der Waals surface area contributed by atoms with E-state index in [1.807, 2.05) is 13.8 Å². The van der Waals surface area contributed by atoms with Gasteiger partial charge < -0.3 is 5.32 Å². The van der Waals surface area contributed by atoms with Gasteiger partial charge in [-0.25, -0.2) is 9.37 Å². The smallest absolute Gasteiger partial charge is 0.166 e. The Balaban J connectivity index is 2.93. The van der Waals surface area contributed by atoms with Crippen LogP contribution in [0.25, 0.3) is 0 Å². The summed E-state index contributed by atoms with van der Waals surface area (Å²) in [6, 6.07) is 1.24. The molecule has 0 aliphatic rings. The Labute approximate surface area is 105 Å². The molecule has 1 rings (SSSR count). The minimum atomic E-state index is -0.455. The molecule has 0 radical (unpaired) electrons. The number of halogens is 3. The van der Waals surface area contributed by atoms with E-state index in [1.165, 1.54) is 12.3 Å². The summed E-state index contributed by atoms with van der Waals surface area (Å²) < 4.78 is 13.5. The van der Waals surface area contributed by atoms with Crippen molar-refractivity contribution in [3.8, 4) is 0 Å². The molecule has 90 valence electrons. The van der Waals surface area contributed by atoms with Gasteiger partial charge in [0.25, 0.3) is 0 Å². The largest absolute Gasteiger partial charge is 0.361 e. The number of nitrogens with one attached hydrogen (secondary N) is 1. The number of hydrogen-bond acceptors (Lipinski definition) is 2. The molecule has 1 N–H and O–H groups in total. The molecule has 5 heteroatoms. The minimum Gasteiger partial charge on any atom is -0.361 e. The van der Waals surface area contributed by atoms with Crippen molar-refractivity contribution < 1.29 is 4.39 Å². The third kappa shape index (κ3) is 2.98. The van der Waals surface area contributed by atoms with Crippen LogP contribution in [0.5, 0.6) is 0 Å². The van der Waals surface area contributed by atoms with Crippen LogP contribution in [0.15, 0.2) is 12.3 Å². The molecule has 0 unspecified atom stereocenters. The summed E-state index contributed by atoms with van der Waals surface area (Å²) in [6.07, 6.45) is 3.02. The van der Waals surface area contributed by atoms with E-state index in [0.29, 0.717) is 5.88 Å². The van der Waals surface area contributed by atoms with Gasteiger partial charge in [0.2, 0.25) is 0 Å². The second kappa shape index (κ2) is 5.69. The van der Waals surface area contributed by atoms with Crippen LogP contribution in [0.2, 0.25) is 5.02 Å². The van der Waals surface area contributed by atoms with Crippen LogP contribution in [-0.2, 0) is 0 Å². The molecule has 0 aliphatic heterocycles. The Bertz CT molecular complexity index is 346. The van der Waals surface area contributed by atoms with E-state index in [-0.39, 0.29) is 16.4 Å². The van der Waals surface area contributed by atoms with E-state index in [1.54, 1.807) is 0 Å². The second-order valence-electron chi connectivity index (χ2n) is 3.73. The first-order chi connectivity index (χ1) is 7.56. The fraction of sp³-hybridized carbons (Fsp3) is 0.545. The van der Waals surface area contributed by atoms with Gasteiger partial charge in [0, 0.05) is 12.1 Å². The number of aromatic nitrogens is 1. The highest BCUT2D eigenvalue weighted by atomic mass is 35.5. The fourth-order valence-corrected chi connectivity index (χ4v) is 2.00. The maximum absolute atomic E-state index is 13.5. The lowest BCUT2D eigenvalue weighted by Gasteiger charge is -2.31.